The van der Waals surface area contributed by atoms with E-state index in [0.717, 1.165) is 102 Å². The topological polar surface area (TPSA) is 237 Å². The van der Waals surface area contributed by atoms with Crippen LogP contribution in [0.2, 0.25) is 0 Å². The Morgan fingerprint density at radius 1 is 0.267 bits per heavy atom. The molecule has 0 saturated heterocycles. The second-order valence-corrected chi connectivity index (χ2v) is 33.4. The van der Waals surface area contributed by atoms with E-state index in [1.165, 1.54) is 250 Å². The van der Waals surface area contributed by atoms with Crippen molar-refractivity contribution in [2.24, 2.45) is 11.8 Å². The highest BCUT2D eigenvalue weighted by atomic mass is 31.2. The average Bonchev–Trinajstić information content (AvgIpc) is 1.09. The fraction of sp³-hybridized carbons (Fsp3) is 0.951. The lowest BCUT2D eigenvalue weighted by atomic mass is 10.0. The minimum atomic E-state index is -4.96. The van der Waals surface area contributed by atoms with Gasteiger partial charge < -0.3 is 33.8 Å². The maximum absolute atomic E-state index is 13.1. The first-order valence-electron chi connectivity index (χ1n) is 42.5. The van der Waals surface area contributed by atoms with Gasteiger partial charge in [-0.25, -0.2) is 9.13 Å². The van der Waals surface area contributed by atoms with Crippen molar-refractivity contribution < 1.29 is 80.2 Å². The lowest BCUT2D eigenvalue weighted by Crippen LogP contribution is -2.30. The van der Waals surface area contributed by atoms with Gasteiger partial charge in [-0.1, -0.05) is 382 Å². The van der Waals surface area contributed by atoms with E-state index >= 15 is 0 Å². The Kier molecular flexibility index (Phi) is 72.2. The predicted molar refractivity (Wildman–Crippen MR) is 414 cm³/mol. The minimum absolute atomic E-state index is 0.107. The van der Waals surface area contributed by atoms with Gasteiger partial charge in [-0.15, -0.1) is 0 Å². The molecule has 0 saturated carbocycles. The standard InChI is InChI=1S/C82H160O17P2/c1-7-9-11-13-15-17-19-20-21-22-26-29-35-41-47-53-59-65-80(85)93-71-78(98-81(86)66-60-54-48-42-36-30-27-24-23-25-28-33-38-44-50-56-62-74(3)4)73-97-101(90,91)95-69-76(83)68-94-100(88,89)96-72-77(70-92-79(84)64-58-52-46-40-32-18-16-14-12-10-8-2)99-82(87)67-61-55-49-43-37-31-34-39-45-51-57-63-75(5)6/h74-78,83H,7-73H2,1-6H3,(H,88,89)(H,90,91)/t76-,77+,78+/m0/s1. The Balaban J connectivity index is 5.25. The summed E-state index contributed by atoms with van der Waals surface area (Å²) < 4.78 is 68.8. The van der Waals surface area contributed by atoms with Crippen molar-refractivity contribution in [2.75, 3.05) is 39.6 Å². The summed E-state index contributed by atoms with van der Waals surface area (Å²) in [5.41, 5.74) is 0. The normalized spacial score (nSPS) is 13.9. The Morgan fingerprint density at radius 3 is 0.673 bits per heavy atom. The van der Waals surface area contributed by atoms with Crippen LogP contribution in [0.1, 0.15) is 433 Å². The number of hydrogen-bond donors (Lipinski definition) is 3. The SMILES string of the molecule is CCCCCCCCCCCCCCCCCCCC(=O)OC[C@H](COP(=O)(O)OC[C@@H](O)COP(=O)(O)OC[C@@H](COC(=O)CCCCCCCCCCCCC)OC(=O)CCCCCCCCCCCCCC(C)C)OC(=O)CCCCCCCCCCCCCCCCCCC(C)C. The van der Waals surface area contributed by atoms with Crippen LogP contribution in [0, 0.1) is 11.8 Å². The number of esters is 4. The maximum Gasteiger partial charge on any atom is 0.472 e. The Hall–Kier alpha value is -1.94. The summed E-state index contributed by atoms with van der Waals surface area (Å²) in [6, 6.07) is 0. The number of carbonyl (C=O) groups is 4. The summed E-state index contributed by atoms with van der Waals surface area (Å²) in [4.78, 5) is 73.1. The molecule has 17 nitrogen and oxygen atoms in total. The van der Waals surface area contributed by atoms with E-state index < -0.39 is 97.5 Å². The highest BCUT2D eigenvalue weighted by Crippen LogP contribution is 2.45. The maximum atomic E-state index is 13.1. The number of phosphoric acid groups is 2. The summed E-state index contributed by atoms with van der Waals surface area (Å²) in [5, 5.41) is 10.7. The Morgan fingerprint density at radius 2 is 0.455 bits per heavy atom. The molecule has 0 aliphatic carbocycles. The van der Waals surface area contributed by atoms with Gasteiger partial charge in [-0.2, -0.15) is 0 Å². The second-order valence-electron chi connectivity index (χ2n) is 30.5. The molecule has 0 amide bonds. The third-order valence-corrected chi connectivity index (χ3v) is 21.1. The van der Waals surface area contributed by atoms with Crippen LogP contribution in [0.5, 0.6) is 0 Å². The number of aliphatic hydroxyl groups is 1. The zero-order valence-corrected chi connectivity index (χ0v) is 68.0. The van der Waals surface area contributed by atoms with Gasteiger partial charge >= 0.3 is 39.5 Å². The molecule has 0 aromatic heterocycles. The molecule has 5 atom stereocenters. The van der Waals surface area contributed by atoms with E-state index in [-0.39, 0.29) is 25.7 Å². The molecule has 0 aliphatic rings. The molecule has 19 heteroatoms. The van der Waals surface area contributed by atoms with Gasteiger partial charge in [-0.3, -0.25) is 37.3 Å². The number of ether oxygens (including phenoxy) is 4. The molecule has 600 valence electrons. The number of hydrogen-bond acceptors (Lipinski definition) is 15. The summed E-state index contributed by atoms with van der Waals surface area (Å²) in [6.07, 6.45) is 63.7. The summed E-state index contributed by atoms with van der Waals surface area (Å²) in [5.74, 6) is -0.531. The average molecular weight is 1480 g/mol. The Labute approximate surface area is 619 Å². The monoisotopic (exact) mass is 1480 g/mol. The largest absolute Gasteiger partial charge is 0.472 e. The zero-order chi connectivity index (χ0) is 74.2. The van der Waals surface area contributed by atoms with Gasteiger partial charge in [0.05, 0.1) is 26.4 Å². The van der Waals surface area contributed by atoms with Gasteiger partial charge in [0.25, 0.3) is 0 Å². The fourth-order valence-corrected chi connectivity index (χ4v) is 14.3. The lowest BCUT2D eigenvalue weighted by molar-refractivity contribution is -0.161. The lowest BCUT2D eigenvalue weighted by Gasteiger charge is -2.21. The molecule has 2 unspecified atom stereocenters. The van der Waals surface area contributed by atoms with E-state index in [1.54, 1.807) is 0 Å². The van der Waals surface area contributed by atoms with E-state index in [0.29, 0.717) is 25.7 Å². The van der Waals surface area contributed by atoms with Crippen LogP contribution >= 0.6 is 15.6 Å². The van der Waals surface area contributed by atoms with Crippen molar-refractivity contribution in [1.82, 2.24) is 0 Å². The van der Waals surface area contributed by atoms with Crippen LogP contribution in [-0.2, 0) is 65.4 Å². The smallest absolute Gasteiger partial charge is 0.462 e. The molecule has 3 N–H and O–H groups in total. The molecule has 0 aliphatic heterocycles. The molecule has 0 aromatic carbocycles. The van der Waals surface area contributed by atoms with Gasteiger partial charge in [0.2, 0.25) is 0 Å². The molecule has 0 radical (unpaired) electrons. The number of rotatable bonds is 81. The van der Waals surface area contributed by atoms with Crippen LogP contribution in [0.3, 0.4) is 0 Å². The number of carbonyl (C=O) groups excluding carboxylic acids is 4. The summed E-state index contributed by atoms with van der Waals surface area (Å²) in [7, 11) is -9.92. The fourth-order valence-electron chi connectivity index (χ4n) is 12.7. The van der Waals surface area contributed by atoms with E-state index in [1.807, 2.05) is 0 Å². The molecular formula is C82H160O17P2. The third kappa shape index (κ3) is 76.1. The van der Waals surface area contributed by atoms with Crippen LogP contribution < -0.4 is 0 Å². The number of unbranched alkanes of at least 4 members (excludes halogenated alkanes) is 51. The van der Waals surface area contributed by atoms with Gasteiger partial charge in [-0.05, 0) is 37.5 Å². The molecule has 0 fully saturated rings. The van der Waals surface area contributed by atoms with Crippen LogP contribution in [0.4, 0.5) is 0 Å². The number of phosphoric ester groups is 2. The van der Waals surface area contributed by atoms with E-state index in [9.17, 15) is 43.2 Å². The molecule has 0 heterocycles. The first-order valence-corrected chi connectivity index (χ1v) is 45.5. The molecule has 0 aromatic rings. The molecule has 0 spiro atoms. The van der Waals surface area contributed by atoms with Gasteiger partial charge in [0, 0.05) is 25.7 Å². The summed E-state index contributed by atoms with van der Waals surface area (Å²) >= 11 is 0. The van der Waals surface area contributed by atoms with Crippen molar-refractivity contribution in [1.29, 1.82) is 0 Å². The van der Waals surface area contributed by atoms with Crippen LogP contribution in [-0.4, -0.2) is 96.7 Å². The number of aliphatic hydroxyl groups excluding tert-OH is 1. The molecule has 0 rings (SSSR count). The van der Waals surface area contributed by atoms with Gasteiger partial charge in [0.1, 0.15) is 19.3 Å². The van der Waals surface area contributed by atoms with Crippen molar-refractivity contribution >= 4 is 39.5 Å². The molecule has 101 heavy (non-hydrogen) atoms. The first kappa shape index (κ1) is 99.1. The summed E-state index contributed by atoms with van der Waals surface area (Å²) in [6.45, 7) is 9.67. The van der Waals surface area contributed by atoms with Crippen LogP contribution in [0.15, 0.2) is 0 Å². The predicted octanol–water partition coefficient (Wildman–Crippen LogP) is 24.7. The molecular weight excluding hydrogens is 1320 g/mol. The highest BCUT2D eigenvalue weighted by molar-refractivity contribution is 7.47. The zero-order valence-electron chi connectivity index (χ0n) is 66.2. The highest BCUT2D eigenvalue weighted by Gasteiger charge is 2.30. The van der Waals surface area contributed by atoms with Crippen LogP contribution in [0.25, 0.3) is 0 Å². The second kappa shape index (κ2) is 73.6. The van der Waals surface area contributed by atoms with Crippen molar-refractivity contribution in [3.63, 3.8) is 0 Å². The van der Waals surface area contributed by atoms with Crippen molar-refractivity contribution in [2.45, 2.75) is 452 Å². The van der Waals surface area contributed by atoms with Crippen molar-refractivity contribution in [3.8, 4) is 0 Å². The Bertz CT molecular complexity index is 1940. The first-order chi connectivity index (χ1) is 48.9. The third-order valence-electron chi connectivity index (χ3n) is 19.2. The molecule has 0 bridgehead atoms. The minimum Gasteiger partial charge on any atom is -0.462 e. The van der Waals surface area contributed by atoms with E-state index in [2.05, 4.69) is 41.5 Å². The van der Waals surface area contributed by atoms with Crippen molar-refractivity contribution in [3.05, 3.63) is 0 Å². The van der Waals surface area contributed by atoms with Gasteiger partial charge in [0.15, 0.2) is 12.2 Å². The quantitative estimate of drug-likeness (QED) is 0.0222. The van der Waals surface area contributed by atoms with E-state index in [4.69, 9.17) is 37.0 Å².